The van der Waals surface area contributed by atoms with Crippen molar-refractivity contribution < 1.29 is 44.1 Å². The van der Waals surface area contributed by atoms with Crippen LogP contribution in [0, 0.1) is 0 Å². The smallest absolute Gasteiger partial charge is 0 e. The van der Waals surface area contributed by atoms with Gasteiger partial charge in [-0.1, -0.05) is 0 Å². The monoisotopic (exact) mass is 227 g/mol. The van der Waals surface area contributed by atoms with E-state index >= 15 is 0 Å². The summed E-state index contributed by atoms with van der Waals surface area (Å²) in [5.41, 5.74) is 0. The summed E-state index contributed by atoms with van der Waals surface area (Å²) in [7, 11) is 0. The third-order valence-electron chi connectivity index (χ3n) is 0. The summed E-state index contributed by atoms with van der Waals surface area (Å²) in [5, 5.41) is 0. The summed E-state index contributed by atoms with van der Waals surface area (Å²) < 4.78 is 0. The van der Waals surface area contributed by atoms with Crippen molar-refractivity contribution in [2.45, 2.75) is 0 Å². The minimum Gasteiger partial charge on any atom is -0.147 e. The van der Waals surface area contributed by atoms with Crippen molar-refractivity contribution in [3.05, 3.63) is 0 Å². The Morgan fingerprint density at radius 2 is 0.750 bits per heavy atom. The van der Waals surface area contributed by atoms with Crippen LogP contribution in [-0.4, -0.2) is 0 Å². The molecule has 4 heteroatoms. The fourth-order valence-corrected chi connectivity index (χ4v) is 0. The molecule has 0 amide bonds. The molecule has 0 aliphatic heterocycles. The molecule has 0 aromatic heterocycles. The average Bonchev–Trinajstić information content (AvgIpc) is 0. The molecule has 0 rings (SSSR count). The van der Waals surface area contributed by atoms with E-state index in [2.05, 4.69) is 0 Å². The van der Waals surface area contributed by atoms with Crippen LogP contribution in [0.4, 0.5) is 0 Å². The molecule has 0 N–H and O–H groups in total. The minimum absolute atomic E-state index is 0. The van der Waals surface area contributed by atoms with Gasteiger partial charge in [-0.05, 0) is 0 Å². The van der Waals surface area contributed by atoms with Crippen molar-refractivity contribution >= 4 is 24.8 Å². The molecule has 0 atom stereocenters. The molecule has 0 nitrogen and oxygen atoms in total. The Morgan fingerprint density at radius 3 is 0.750 bits per heavy atom. The fourth-order valence-electron chi connectivity index (χ4n) is 0. The largest absolute Gasteiger partial charge is 0.147 e. The van der Waals surface area contributed by atoms with Crippen molar-refractivity contribution in [1.82, 2.24) is 0 Å². The Labute approximate surface area is 68.3 Å². The van der Waals surface area contributed by atoms with Gasteiger partial charge in [0.05, 0.1) is 0 Å². The van der Waals surface area contributed by atoms with Crippen LogP contribution < -0.4 is 0 Å². The van der Waals surface area contributed by atoms with Crippen LogP contribution in [0.2, 0.25) is 0 Å². The molecule has 0 aliphatic rings. The average molecular weight is 229 g/mol. The van der Waals surface area contributed by atoms with E-state index in [1.807, 2.05) is 0 Å². The van der Waals surface area contributed by atoms with Gasteiger partial charge in [0.1, 0.15) is 0 Å². The number of halogens is 2. The summed E-state index contributed by atoms with van der Waals surface area (Å²) in [4.78, 5) is 0. The Morgan fingerprint density at radius 1 is 0.750 bits per heavy atom. The second-order valence-electron chi connectivity index (χ2n) is 0. The third-order valence-corrected chi connectivity index (χ3v) is 0. The Bertz CT molecular complexity index is 6.00. The molecule has 0 spiro atoms. The predicted molar refractivity (Wildman–Crippen MR) is 14.5 cm³/mol. The van der Waals surface area contributed by atoms with Gasteiger partial charge < -0.3 is 0 Å². The normalized spacial score (nSPS) is 0. The quantitative estimate of drug-likeness (QED) is 0.539. The van der Waals surface area contributed by atoms with Crippen molar-refractivity contribution in [2.75, 3.05) is 0 Å². The van der Waals surface area contributed by atoms with Crippen molar-refractivity contribution in [3.8, 4) is 0 Å². The molecular formula is H2AgCl2Ti. The first-order chi connectivity index (χ1) is 0. The van der Waals surface area contributed by atoms with E-state index in [9.17, 15) is 0 Å². The second kappa shape index (κ2) is 19.8. The molecule has 0 heterocycles. The van der Waals surface area contributed by atoms with Crippen LogP contribution in [0.5, 0.6) is 0 Å². The second-order valence-corrected chi connectivity index (χ2v) is 0. The van der Waals surface area contributed by atoms with Crippen LogP contribution in [0.15, 0.2) is 0 Å². The van der Waals surface area contributed by atoms with E-state index in [4.69, 9.17) is 0 Å². The van der Waals surface area contributed by atoms with E-state index in [0.29, 0.717) is 0 Å². The third kappa shape index (κ3) is 8.98. The predicted octanol–water partition coefficient (Wildman–Crippen LogP) is 0.839. The van der Waals surface area contributed by atoms with E-state index in [0.717, 1.165) is 0 Å². The molecule has 0 saturated heterocycles. The molecule has 0 aromatic carbocycles. The van der Waals surface area contributed by atoms with Gasteiger partial charge in [0, 0.05) is 44.1 Å². The fraction of sp³-hybridized carbons (Fsp3) is 0. The zero-order valence-corrected chi connectivity index (χ0v) is 6.29. The maximum Gasteiger partial charge on any atom is 0 e. The Hall–Kier alpha value is 2.03. The van der Waals surface area contributed by atoms with Gasteiger partial charge in [0.25, 0.3) is 0 Å². The van der Waals surface area contributed by atoms with Crippen LogP contribution in [0.1, 0.15) is 0 Å². The summed E-state index contributed by atoms with van der Waals surface area (Å²) in [5.74, 6) is 0. The van der Waals surface area contributed by atoms with Crippen LogP contribution in [0.3, 0.4) is 0 Å². The molecular weight excluding hydrogens is 227 g/mol. The zero-order chi connectivity index (χ0) is 0. The van der Waals surface area contributed by atoms with Gasteiger partial charge in [-0.2, -0.15) is 0 Å². The Balaban J connectivity index is 0. The molecule has 0 fully saturated rings. The molecule has 0 aromatic rings. The zero-order valence-electron chi connectivity index (χ0n) is 1.62. The first-order valence-electron chi connectivity index (χ1n) is 0. The van der Waals surface area contributed by atoms with E-state index in [1.165, 1.54) is 0 Å². The standard InChI is InChI=1S/Ag.2ClH.Ti/h;2*1H;. The first kappa shape index (κ1) is 37.0. The molecule has 0 unspecified atom stereocenters. The van der Waals surface area contributed by atoms with Crippen molar-refractivity contribution in [3.63, 3.8) is 0 Å². The maximum absolute atomic E-state index is 0. The molecule has 31 valence electrons. The van der Waals surface area contributed by atoms with Gasteiger partial charge in [-0.3, -0.25) is 0 Å². The number of rotatable bonds is 0. The van der Waals surface area contributed by atoms with E-state index in [1.54, 1.807) is 0 Å². The summed E-state index contributed by atoms with van der Waals surface area (Å²) >= 11 is 0. The minimum atomic E-state index is 0. The van der Waals surface area contributed by atoms with Crippen molar-refractivity contribution in [1.29, 1.82) is 0 Å². The van der Waals surface area contributed by atoms with Crippen LogP contribution in [-0.2, 0) is 44.1 Å². The van der Waals surface area contributed by atoms with Gasteiger partial charge >= 0.3 is 0 Å². The van der Waals surface area contributed by atoms with E-state index in [-0.39, 0.29) is 68.9 Å². The Kier molecular flexibility index (Phi) is 183. The maximum atomic E-state index is 0. The van der Waals surface area contributed by atoms with Crippen LogP contribution >= 0.6 is 24.8 Å². The summed E-state index contributed by atoms with van der Waals surface area (Å²) in [6, 6.07) is 0. The summed E-state index contributed by atoms with van der Waals surface area (Å²) in [6.07, 6.45) is 0. The van der Waals surface area contributed by atoms with Gasteiger partial charge in [-0.15, -0.1) is 24.8 Å². The molecule has 4 heavy (non-hydrogen) atoms. The van der Waals surface area contributed by atoms with Crippen molar-refractivity contribution in [2.24, 2.45) is 0 Å². The van der Waals surface area contributed by atoms with Gasteiger partial charge in [-0.25, -0.2) is 0 Å². The van der Waals surface area contributed by atoms with Crippen LogP contribution in [0.25, 0.3) is 0 Å². The SMILES string of the molecule is Cl.Cl.[Ag].[Ti]. The number of hydrogen-bond donors (Lipinski definition) is 0. The first-order valence-corrected chi connectivity index (χ1v) is 0. The van der Waals surface area contributed by atoms with Gasteiger partial charge in [0.2, 0.25) is 0 Å². The molecule has 0 aliphatic carbocycles. The molecule has 1 radical (unpaired) electrons. The topological polar surface area (TPSA) is 0 Å². The molecule has 0 saturated carbocycles. The van der Waals surface area contributed by atoms with Gasteiger partial charge in [0.15, 0.2) is 0 Å². The van der Waals surface area contributed by atoms with E-state index < -0.39 is 0 Å². The summed E-state index contributed by atoms with van der Waals surface area (Å²) in [6.45, 7) is 0. The number of hydrogen-bond acceptors (Lipinski definition) is 0. The molecule has 0 bridgehead atoms.